The van der Waals surface area contributed by atoms with Gasteiger partial charge in [-0.15, -0.1) is 0 Å². The first-order valence-corrected chi connectivity index (χ1v) is 8.11. The van der Waals surface area contributed by atoms with Crippen molar-refractivity contribution in [2.45, 2.75) is 33.0 Å². The van der Waals surface area contributed by atoms with Gasteiger partial charge >= 0.3 is 18.1 Å². The number of hydrogen-bond acceptors (Lipinski definition) is 6. The molecule has 0 saturated carbocycles. The van der Waals surface area contributed by atoms with E-state index in [2.05, 4.69) is 9.73 Å². The van der Waals surface area contributed by atoms with Gasteiger partial charge < -0.3 is 20.1 Å². The molecule has 1 rings (SSSR count). The molecule has 0 spiro atoms. The van der Waals surface area contributed by atoms with Gasteiger partial charge in [-0.2, -0.15) is 13.2 Å². The maximum absolute atomic E-state index is 13.0. The third kappa shape index (κ3) is 7.78. The van der Waals surface area contributed by atoms with Crippen LogP contribution >= 0.6 is 0 Å². The smallest absolute Gasteiger partial charge is 0.449 e. The van der Waals surface area contributed by atoms with E-state index in [1.165, 1.54) is 13.8 Å². The van der Waals surface area contributed by atoms with Crippen molar-refractivity contribution in [1.29, 1.82) is 0 Å². The highest BCUT2D eigenvalue weighted by molar-refractivity contribution is 6.24. The first-order chi connectivity index (χ1) is 12.7. The molecule has 0 aliphatic rings. The summed E-state index contributed by atoms with van der Waals surface area (Å²) in [7, 11) is 0. The molecule has 0 saturated heterocycles. The maximum Gasteiger partial charge on any atom is 0.449 e. The van der Waals surface area contributed by atoms with Crippen molar-refractivity contribution >= 4 is 17.7 Å². The van der Waals surface area contributed by atoms with Gasteiger partial charge in [-0.1, -0.05) is 30.3 Å². The van der Waals surface area contributed by atoms with Crippen LogP contribution < -0.4 is 0 Å². The Morgan fingerprint density at radius 1 is 1.07 bits per heavy atom. The average molecular weight is 405 g/mol. The summed E-state index contributed by atoms with van der Waals surface area (Å²) in [6.45, 7) is 2.58. The van der Waals surface area contributed by atoms with Crippen molar-refractivity contribution < 1.29 is 42.8 Å². The molecule has 0 radical (unpaired) electrons. The molecule has 10 heteroatoms. The third-order valence-electron chi connectivity index (χ3n) is 3.19. The van der Waals surface area contributed by atoms with Crippen LogP contribution in [-0.2, 0) is 25.6 Å². The van der Waals surface area contributed by atoms with Crippen LogP contribution in [0.5, 0.6) is 0 Å². The number of ether oxygens (including phenoxy) is 2. The zero-order valence-corrected chi connectivity index (χ0v) is 15.4. The number of rotatable bonds is 8. The Bertz CT molecular complexity index is 714. The van der Waals surface area contributed by atoms with Crippen molar-refractivity contribution in [3.63, 3.8) is 0 Å². The molecule has 0 amide bonds. The number of alkyl halides is 3. The number of nitrogens with zero attached hydrogens (tertiary/aromatic N) is 1. The average Bonchev–Trinajstić information content (AvgIpc) is 2.60. The van der Waals surface area contributed by atoms with Gasteiger partial charge in [0.2, 0.25) is 5.76 Å². The lowest BCUT2D eigenvalue weighted by atomic mass is 10.1. The number of aliphatic hydroxyl groups is 1. The molecule has 0 aliphatic heterocycles. The van der Waals surface area contributed by atoms with E-state index < -0.39 is 41.6 Å². The van der Waals surface area contributed by atoms with Gasteiger partial charge in [0, 0.05) is 0 Å². The van der Waals surface area contributed by atoms with Crippen LogP contribution in [0.2, 0.25) is 0 Å². The molecule has 1 aromatic rings. The van der Waals surface area contributed by atoms with Gasteiger partial charge in [0.15, 0.2) is 0 Å². The molecule has 28 heavy (non-hydrogen) atoms. The zero-order valence-electron chi connectivity index (χ0n) is 15.4. The summed E-state index contributed by atoms with van der Waals surface area (Å²) < 4.78 is 48.4. The van der Waals surface area contributed by atoms with Gasteiger partial charge in [0.25, 0.3) is 0 Å². The lowest BCUT2D eigenvalue weighted by Gasteiger charge is -2.14. The minimum atomic E-state index is -5.22. The lowest BCUT2D eigenvalue weighted by Crippen LogP contribution is -2.26. The second kappa shape index (κ2) is 11.8. The summed E-state index contributed by atoms with van der Waals surface area (Å²) in [5.41, 5.74) is -1.13. The normalized spacial score (nSPS) is 12.5. The monoisotopic (exact) mass is 405 g/mol. The maximum atomic E-state index is 13.0. The minimum absolute atomic E-state index is 0. The summed E-state index contributed by atoms with van der Waals surface area (Å²) >= 11 is 0. The predicted molar refractivity (Wildman–Crippen MR) is 94.8 cm³/mol. The summed E-state index contributed by atoms with van der Waals surface area (Å²) in [4.78, 5) is 27.8. The van der Waals surface area contributed by atoms with Crippen molar-refractivity contribution in [1.82, 2.24) is 0 Å². The Hall–Kier alpha value is -2.88. The molecule has 3 N–H and O–H groups in total. The van der Waals surface area contributed by atoms with E-state index >= 15 is 0 Å². The highest BCUT2D eigenvalue weighted by Gasteiger charge is 2.41. The Kier molecular flexibility index (Phi) is 10.5. The quantitative estimate of drug-likeness (QED) is 0.309. The van der Waals surface area contributed by atoms with E-state index in [0.29, 0.717) is 5.56 Å². The van der Waals surface area contributed by atoms with Gasteiger partial charge in [0.05, 0.1) is 31.9 Å². The predicted octanol–water partition coefficient (Wildman–Crippen LogP) is 2.69. The highest BCUT2D eigenvalue weighted by Crippen LogP contribution is 2.28. The molecule has 156 valence electrons. The summed E-state index contributed by atoms with van der Waals surface area (Å²) in [6.07, 6.45) is -5.95. The van der Waals surface area contributed by atoms with Gasteiger partial charge in [-0.25, -0.2) is 4.79 Å². The van der Waals surface area contributed by atoms with Crippen molar-refractivity contribution in [3.8, 4) is 0 Å². The van der Waals surface area contributed by atoms with Crippen LogP contribution in [0.4, 0.5) is 13.2 Å². The second-order valence-electron chi connectivity index (χ2n) is 5.17. The van der Waals surface area contributed by atoms with Crippen LogP contribution in [0.25, 0.3) is 0 Å². The van der Waals surface area contributed by atoms with Gasteiger partial charge in [-0.05, 0) is 19.4 Å². The van der Waals surface area contributed by atoms with Gasteiger partial charge in [0.1, 0.15) is 5.57 Å². The van der Waals surface area contributed by atoms with E-state index in [9.17, 15) is 27.9 Å². The van der Waals surface area contributed by atoms with E-state index in [1.54, 1.807) is 30.3 Å². The topological polar surface area (TPSA) is 117 Å². The molecule has 1 aromatic carbocycles. The molecular formula is C18H22F3NO6. The molecule has 0 fully saturated rings. The first-order valence-electron chi connectivity index (χ1n) is 8.11. The molecule has 7 nitrogen and oxygen atoms in total. The highest BCUT2D eigenvalue weighted by atomic mass is 19.4. The second-order valence-corrected chi connectivity index (χ2v) is 5.17. The largest absolute Gasteiger partial charge is 0.504 e. The molecule has 0 atom stereocenters. The number of carbonyl (C=O) groups excluding carboxylic acids is 2. The number of hydrogen-bond donors (Lipinski definition) is 1. The standard InChI is InChI=1S/C18H20F3NO5.H2O/c1-3-26-14(23)10-13(22-11-12-8-6-5-7-9-12)15(17(25)27-4-2)16(24)18(19,20)21;/h5-9,24H,3-4,10-11H2,1-2H3;1H2. The van der Waals surface area contributed by atoms with Crippen molar-refractivity contribution in [3.05, 3.63) is 47.2 Å². The molecule has 0 aliphatic carbocycles. The van der Waals surface area contributed by atoms with Crippen LogP contribution in [0, 0.1) is 0 Å². The van der Waals surface area contributed by atoms with Crippen molar-refractivity contribution in [2.75, 3.05) is 13.2 Å². The zero-order chi connectivity index (χ0) is 20.4. The van der Waals surface area contributed by atoms with E-state index in [0.717, 1.165) is 0 Å². The fraction of sp³-hybridized carbons (Fsp3) is 0.389. The number of esters is 2. The van der Waals surface area contributed by atoms with Crippen LogP contribution in [0.3, 0.4) is 0 Å². The minimum Gasteiger partial charge on any atom is -0.504 e. The van der Waals surface area contributed by atoms with E-state index in [1.807, 2.05) is 0 Å². The molecule has 0 aromatic heterocycles. The number of carbonyl (C=O) groups is 2. The summed E-state index contributed by atoms with van der Waals surface area (Å²) in [5, 5.41) is 9.57. The fourth-order valence-corrected chi connectivity index (χ4v) is 2.04. The molecule has 0 heterocycles. The Morgan fingerprint density at radius 3 is 2.14 bits per heavy atom. The molecule has 0 unspecified atom stereocenters. The molecule has 0 bridgehead atoms. The van der Waals surface area contributed by atoms with Crippen LogP contribution in [0.1, 0.15) is 25.8 Å². The Labute approximate surface area is 159 Å². The van der Waals surface area contributed by atoms with E-state index in [-0.39, 0.29) is 25.2 Å². The third-order valence-corrected chi connectivity index (χ3v) is 3.19. The molecular weight excluding hydrogens is 383 g/mol. The number of aliphatic imine (C=N–C) groups is 1. The van der Waals surface area contributed by atoms with Gasteiger partial charge in [-0.3, -0.25) is 9.79 Å². The number of aliphatic hydroxyl groups excluding tert-OH is 1. The summed E-state index contributed by atoms with van der Waals surface area (Å²) in [6, 6.07) is 8.48. The summed E-state index contributed by atoms with van der Waals surface area (Å²) in [5.74, 6) is -4.48. The van der Waals surface area contributed by atoms with Crippen LogP contribution in [0.15, 0.2) is 46.7 Å². The Balaban J connectivity index is 0.00000729. The van der Waals surface area contributed by atoms with Crippen LogP contribution in [-0.4, -0.2) is 47.6 Å². The lowest BCUT2D eigenvalue weighted by molar-refractivity contribution is -0.142. The number of benzene rings is 1. The van der Waals surface area contributed by atoms with Crippen molar-refractivity contribution in [2.24, 2.45) is 4.99 Å². The SMILES string of the molecule is CCOC(=O)CC(=NCc1ccccc1)C(C(=O)OCC)=C(O)C(F)(F)F.O. The number of allylic oxidation sites excluding steroid dienone is 1. The first kappa shape index (κ1) is 25.1. The Morgan fingerprint density at radius 2 is 1.64 bits per heavy atom. The fourth-order valence-electron chi connectivity index (χ4n) is 2.04. The van der Waals surface area contributed by atoms with E-state index in [4.69, 9.17) is 4.74 Å². The number of halogens is 3.